The summed E-state index contributed by atoms with van der Waals surface area (Å²) in [6.45, 7) is 10.5. The molecule has 0 saturated carbocycles. The quantitative estimate of drug-likeness (QED) is 0.675. The van der Waals surface area contributed by atoms with Crippen LogP contribution in [0, 0.1) is 6.57 Å². The van der Waals surface area contributed by atoms with E-state index in [2.05, 4.69) is 76.6 Å². The van der Waals surface area contributed by atoms with Gasteiger partial charge in [0.05, 0.1) is 12.1 Å². The molecule has 4 heteroatoms. The van der Waals surface area contributed by atoms with Crippen LogP contribution < -0.4 is 21.9 Å². The number of nitrogens with zero attached hydrogens (tertiary/aromatic N) is 2. The monoisotopic (exact) mass is 383 g/mol. The van der Waals surface area contributed by atoms with E-state index in [1.54, 1.807) is 0 Å². The molecule has 1 aliphatic heterocycles. The van der Waals surface area contributed by atoms with Crippen molar-refractivity contribution >= 4 is 0 Å². The summed E-state index contributed by atoms with van der Waals surface area (Å²) in [5.41, 5.74) is 3.97. The molecule has 0 bridgehead atoms. The number of halogens is 1. The zero-order chi connectivity index (χ0) is 15.9. The molecule has 0 aromatic heterocycles. The lowest BCUT2D eigenvalue weighted by atomic mass is 10.2. The number of hydrogen-bond acceptors (Lipinski definition) is 1. The number of hydrogen-bond donors (Lipinski definition) is 1. The SMILES string of the molecule is [Br-].[C-]#[N+]CCC1=C[NH+](Cc2ccccc2)CN1Cc1ccccc1. The van der Waals surface area contributed by atoms with Crippen molar-refractivity contribution in [3.8, 4) is 0 Å². The lowest BCUT2D eigenvalue weighted by Crippen LogP contribution is -3.05. The van der Waals surface area contributed by atoms with E-state index in [0.717, 1.165) is 26.2 Å². The van der Waals surface area contributed by atoms with Gasteiger partial charge in [-0.15, -0.1) is 0 Å². The zero-order valence-electron chi connectivity index (χ0n) is 13.7. The van der Waals surface area contributed by atoms with Crippen molar-refractivity contribution in [3.05, 3.63) is 95.1 Å². The van der Waals surface area contributed by atoms with Crippen LogP contribution in [-0.4, -0.2) is 18.1 Å². The Morgan fingerprint density at radius 1 is 0.958 bits per heavy atom. The molecule has 24 heavy (non-hydrogen) atoms. The van der Waals surface area contributed by atoms with Crippen molar-refractivity contribution in [1.29, 1.82) is 0 Å². The van der Waals surface area contributed by atoms with Crippen LogP contribution in [0.15, 0.2) is 72.6 Å². The van der Waals surface area contributed by atoms with Crippen molar-refractivity contribution < 1.29 is 21.9 Å². The van der Waals surface area contributed by atoms with Crippen LogP contribution in [0.4, 0.5) is 0 Å². The molecule has 0 aliphatic carbocycles. The normalized spacial score (nSPS) is 16.2. The summed E-state index contributed by atoms with van der Waals surface area (Å²) < 4.78 is 0. The smallest absolute Gasteiger partial charge is 0.220 e. The van der Waals surface area contributed by atoms with Crippen molar-refractivity contribution in [3.63, 3.8) is 0 Å². The van der Waals surface area contributed by atoms with Crippen molar-refractivity contribution in [2.24, 2.45) is 0 Å². The lowest BCUT2D eigenvalue weighted by molar-refractivity contribution is -0.863. The van der Waals surface area contributed by atoms with E-state index >= 15 is 0 Å². The first-order valence-electron chi connectivity index (χ1n) is 8.06. The first-order valence-corrected chi connectivity index (χ1v) is 8.06. The molecule has 2 aromatic rings. The molecule has 0 amide bonds. The fraction of sp³-hybridized carbons (Fsp3) is 0.250. The Labute approximate surface area is 154 Å². The van der Waals surface area contributed by atoms with E-state index < -0.39 is 0 Å². The topological polar surface area (TPSA) is 12.0 Å². The second-order valence-electron chi connectivity index (χ2n) is 5.93. The predicted octanol–water partition coefficient (Wildman–Crippen LogP) is -0.300. The van der Waals surface area contributed by atoms with Gasteiger partial charge in [-0.25, -0.2) is 6.57 Å². The summed E-state index contributed by atoms with van der Waals surface area (Å²) in [7, 11) is 0. The number of quaternary nitrogens is 1. The fourth-order valence-corrected chi connectivity index (χ4v) is 3.05. The van der Waals surface area contributed by atoms with E-state index in [9.17, 15) is 0 Å². The zero-order valence-corrected chi connectivity index (χ0v) is 15.2. The molecule has 1 atom stereocenters. The van der Waals surface area contributed by atoms with Gasteiger partial charge in [0, 0.05) is 12.1 Å². The van der Waals surface area contributed by atoms with E-state index in [0.29, 0.717) is 6.54 Å². The molecule has 3 nitrogen and oxygen atoms in total. The average Bonchev–Trinajstić information content (AvgIpc) is 2.96. The summed E-state index contributed by atoms with van der Waals surface area (Å²) in [5, 5.41) is 0. The second-order valence-corrected chi connectivity index (χ2v) is 5.93. The van der Waals surface area contributed by atoms with E-state index in [1.807, 2.05) is 0 Å². The lowest BCUT2D eigenvalue weighted by Gasteiger charge is -2.20. The average molecular weight is 384 g/mol. The molecule has 1 unspecified atom stereocenters. The Bertz CT molecular complexity index is 692. The van der Waals surface area contributed by atoms with Crippen LogP contribution in [0.2, 0.25) is 0 Å². The third kappa shape index (κ3) is 4.95. The molecule has 1 N–H and O–H groups in total. The van der Waals surface area contributed by atoms with Crippen LogP contribution in [0.3, 0.4) is 0 Å². The summed E-state index contributed by atoms with van der Waals surface area (Å²) >= 11 is 0. The van der Waals surface area contributed by atoms with Crippen LogP contribution in [0.5, 0.6) is 0 Å². The third-order valence-corrected chi connectivity index (χ3v) is 4.14. The van der Waals surface area contributed by atoms with Gasteiger partial charge >= 0.3 is 0 Å². The van der Waals surface area contributed by atoms with Crippen LogP contribution in [0.25, 0.3) is 4.85 Å². The van der Waals surface area contributed by atoms with Gasteiger partial charge in [-0.2, -0.15) is 0 Å². The maximum Gasteiger partial charge on any atom is 0.220 e. The molecule has 3 rings (SSSR count). The molecule has 0 radical (unpaired) electrons. The molecule has 124 valence electrons. The minimum Gasteiger partial charge on any atom is -1.00 e. The molecular formula is C20H22BrN3. The minimum absolute atomic E-state index is 0. The molecule has 1 heterocycles. The molecule has 0 fully saturated rings. The highest BCUT2D eigenvalue weighted by molar-refractivity contribution is 5.17. The van der Waals surface area contributed by atoms with Crippen LogP contribution >= 0.6 is 0 Å². The Morgan fingerprint density at radius 2 is 1.58 bits per heavy atom. The number of rotatable bonds is 6. The largest absolute Gasteiger partial charge is 1.00 e. The van der Waals surface area contributed by atoms with Gasteiger partial charge in [-0.1, -0.05) is 60.7 Å². The molecular weight excluding hydrogens is 362 g/mol. The highest BCUT2D eigenvalue weighted by atomic mass is 79.9. The molecule has 0 saturated heterocycles. The van der Waals surface area contributed by atoms with Gasteiger partial charge in [0.1, 0.15) is 12.7 Å². The van der Waals surface area contributed by atoms with Crippen molar-refractivity contribution in [2.45, 2.75) is 19.5 Å². The van der Waals surface area contributed by atoms with Crippen LogP contribution in [0.1, 0.15) is 17.5 Å². The van der Waals surface area contributed by atoms with Crippen LogP contribution in [-0.2, 0) is 13.1 Å². The Morgan fingerprint density at radius 3 is 2.21 bits per heavy atom. The fourth-order valence-electron chi connectivity index (χ4n) is 3.05. The molecule has 2 aromatic carbocycles. The Balaban J connectivity index is 0.00000208. The maximum absolute atomic E-state index is 7.06. The maximum atomic E-state index is 7.06. The summed E-state index contributed by atoms with van der Waals surface area (Å²) in [5.74, 6) is 0. The third-order valence-electron chi connectivity index (χ3n) is 4.14. The summed E-state index contributed by atoms with van der Waals surface area (Å²) in [4.78, 5) is 7.38. The molecule has 0 spiro atoms. The van der Waals surface area contributed by atoms with Crippen molar-refractivity contribution in [2.75, 3.05) is 13.2 Å². The summed E-state index contributed by atoms with van der Waals surface area (Å²) in [6, 6.07) is 21.2. The number of nitrogens with one attached hydrogen (secondary N) is 1. The highest BCUT2D eigenvalue weighted by Crippen LogP contribution is 2.15. The van der Waals surface area contributed by atoms with Gasteiger partial charge in [0.25, 0.3) is 0 Å². The first kappa shape index (κ1) is 18.3. The van der Waals surface area contributed by atoms with E-state index in [-0.39, 0.29) is 17.0 Å². The predicted molar refractivity (Wildman–Crippen MR) is 92.1 cm³/mol. The van der Waals surface area contributed by atoms with Gasteiger partial charge in [-0.05, 0) is 5.56 Å². The van der Waals surface area contributed by atoms with E-state index in [1.165, 1.54) is 21.7 Å². The van der Waals surface area contributed by atoms with E-state index in [4.69, 9.17) is 6.57 Å². The van der Waals surface area contributed by atoms with Gasteiger partial charge in [0.2, 0.25) is 6.54 Å². The second kappa shape index (κ2) is 9.27. The number of benzene rings is 2. The minimum atomic E-state index is 0. The summed E-state index contributed by atoms with van der Waals surface area (Å²) in [6.07, 6.45) is 3.15. The standard InChI is InChI=1S/C20H21N3.BrH/c1-21-13-12-20-16-22(14-18-8-4-2-5-9-18)17-23(20)15-19-10-6-3-7-11-19;/h2-11,16H,12-15,17H2;1H. The van der Waals surface area contributed by atoms with Gasteiger partial charge < -0.3 is 26.7 Å². The Kier molecular flexibility index (Phi) is 7.05. The van der Waals surface area contributed by atoms with Gasteiger partial charge in [-0.3, -0.25) is 4.90 Å². The Hall–Kier alpha value is -2.09. The highest BCUT2D eigenvalue weighted by Gasteiger charge is 2.25. The molecule has 1 aliphatic rings. The van der Waals surface area contributed by atoms with Gasteiger partial charge in [0.15, 0.2) is 6.67 Å². The first-order chi connectivity index (χ1) is 11.3. The van der Waals surface area contributed by atoms with Crippen molar-refractivity contribution in [1.82, 2.24) is 4.90 Å².